The maximum Gasteiger partial charge on any atom is 0.213 e. The predicted molar refractivity (Wildman–Crippen MR) is 80.3 cm³/mol. The number of aromatic nitrogens is 4. The number of fused-ring (bicyclic) bond motifs is 1. The molecule has 0 aromatic carbocycles. The lowest BCUT2D eigenvalue weighted by Crippen LogP contribution is -1.97. The van der Waals surface area contributed by atoms with Crippen LogP contribution in [0, 0.1) is 0 Å². The van der Waals surface area contributed by atoms with Gasteiger partial charge in [0.1, 0.15) is 5.52 Å². The molecule has 4 rings (SSSR count). The number of pyridine rings is 2. The van der Waals surface area contributed by atoms with E-state index >= 15 is 0 Å². The van der Waals surface area contributed by atoms with Crippen LogP contribution in [0.25, 0.3) is 22.4 Å². The van der Waals surface area contributed by atoms with Gasteiger partial charge < -0.3 is 4.74 Å². The number of nitrogens with zero attached hydrogens (tertiary/aromatic N) is 4. The number of methoxy groups -OCH3 is 1. The third kappa shape index (κ3) is 2.05. The fraction of sp³-hybridized carbons (Fsp3) is 0.312. The van der Waals surface area contributed by atoms with Crippen molar-refractivity contribution in [2.24, 2.45) is 7.05 Å². The number of ether oxygens (including phenoxy) is 1. The second-order valence-electron chi connectivity index (χ2n) is 5.44. The van der Waals surface area contributed by atoms with E-state index in [4.69, 9.17) is 9.72 Å². The Kier molecular flexibility index (Phi) is 2.67. The van der Waals surface area contributed by atoms with E-state index < -0.39 is 0 Å². The van der Waals surface area contributed by atoms with Crippen LogP contribution < -0.4 is 4.74 Å². The summed E-state index contributed by atoms with van der Waals surface area (Å²) in [5.74, 6) is 1.24. The first kappa shape index (κ1) is 12.3. The van der Waals surface area contributed by atoms with Gasteiger partial charge in [-0.05, 0) is 36.5 Å². The summed E-state index contributed by atoms with van der Waals surface area (Å²) in [6, 6.07) is 7.90. The molecule has 0 radical (unpaired) electrons. The van der Waals surface area contributed by atoms with Crippen molar-refractivity contribution in [3.63, 3.8) is 0 Å². The van der Waals surface area contributed by atoms with Crippen molar-refractivity contribution in [1.29, 1.82) is 0 Å². The van der Waals surface area contributed by atoms with Crippen LogP contribution in [0.5, 0.6) is 5.88 Å². The highest BCUT2D eigenvalue weighted by atomic mass is 16.5. The molecule has 0 atom stereocenters. The monoisotopic (exact) mass is 280 g/mol. The van der Waals surface area contributed by atoms with Crippen molar-refractivity contribution in [2.45, 2.75) is 18.8 Å². The van der Waals surface area contributed by atoms with Gasteiger partial charge in [0.2, 0.25) is 5.88 Å². The van der Waals surface area contributed by atoms with Crippen LogP contribution in [-0.4, -0.2) is 26.9 Å². The van der Waals surface area contributed by atoms with Gasteiger partial charge in [0, 0.05) is 13.1 Å². The number of hydrogen-bond acceptors (Lipinski definition) is 4. The maximum atomic E-state index is 5.20. The van der Waals surface area contributed by atoms with Gasteiger partial charge >= 0.3 is 0 Å². The molecule has 106 valence electrons. The van der Waals surface area contributed by atoms with Gasteiger partial charge in [-0.3, -0.25) is 4.68 Å². The molecule has 5 heteroatoms. The number of aryl methyl sites for hydroxylation is 1. The molecule has 0 saturated heterocycles. The lowest BCUT2D eigenvalue weighted by Gasteiger charge is -2.08. The van der Waals surface area contributed by atoms with Gasteiger partial charge in [-0.25, -0.2) is 9.97 Å². The fourth-order valence-corrected chi connectivity index (χ4v) is 2.73. The van der Waals surface area contributed by atoms with Crippen molar-refractivity contribution in [3.8, 4) is 17.3 Å². The Hall–Kier alpha value is -2.43. The third-order valence-corrected chi connectivity index (χ3v) is 3.94. The maximum absolute atomic E-state index is 5.20. The highest BCUT2D eigenvalue weighted by Gasteiger charge is 2.28. The molecule has 5 nitrogen and oxygen atoms in total. The Labute approximate surface area is 122 Å². The summed E-state index contributed by atoms with van der Waals surface area (Å²) in [6.07, 6.45) is 4.31. The molecule has 0 N–H and O–H groups in total. The van der Waals surface area contributed by atoms with Crippen molar-refractivity contribution in [1.82, 2.24) is 19.7 Å². The topological polar surface area (TPSA) is 52.8 Å². The van der Waals surface area contributed by atoms with Gasteiger partial charge in [0.25, 0.3) is 0 Å². The Bertz CT molecular complexity index is 820. The molecule has 0 aliphatic heterocycles. The lowest BCUT2D eigenvalue weighted by atomic mass is 10.1. The van der Waals surface area contributed by atoms with Gasteiger partial charge in [0.05, 0.1) is 30.2 Å². The van der Waals surface area contributed by atoms with Crippen LogP contribution in [0.3, 0.4) is 0 Å². The van der Waals surface area contributed by atoms with E-state index in [-0.39, 0.29) is 0 Å². The minimum Gasteiger partial charge on any atom is -0.481 e. The van der Waals surface area contributed by atoms with E-state index in [2.05, 4.69) is 16.1 Å². The molecule has 3 aromatic rings. The summed E-state index contributed by atoms with van der Waals surface area (Å²) in [7, 11) is 3.60. The summed E-state index contributed by atoms with van der Waals surface area (Å²) >= 11 is 0. The first-order valence-electron chi connectivity index (χ1n) is 7.10. The zero-order valence-electron chi connectivity index (χ0n) is 12.1. The van der Waals surface area contributed by atoms with Crippen molar-refractivity contribution in [3.05, 3.63) is 36.0 Å². The zero-order valence-corrected chi connectivity index (χ0v) is 12.1. The molecule has 3 aromatic heterocycles. The van der Waals surface area contributed by atoms with E-state index in [0.29, 0.717) is 11.8 Å². The van der Waals surface area contributed by atoms with Gasteiger partial charge in [0.15, 0.2) is 0 Å². The molecule has 0 spiro atoms. The Morgan fingerprint density at radius 3 is 2.81 bits per heavy atom. The predicted octanol–water partition coefficient (Wildman–Crippen LogP) is 2.92. The molecule has 0 bridgehead atoms. The molecule has 1 aliphatic rings. The van der Waals surface area contributed by atoms with Crippen molar-refractivity contribution in [2.75, 3.05) is 7.11 Å². The van der Waals surface area contributed by atoms with Gasteiger partial charge in [-0.1, -0.05) is 6.07 Å². The molecule has 1 aliphatic carbocycles. The molecular weight excluding hydrogens is 264 g/mol. The average Bonchev–Trinajstić information content (AvgIpc) is 3.31. The third-order valence-electron chi connectivity index (χ3n) is 3.94. The van der Waals surface area contributed by atoms with Gasteiger partial charge in [-0.2, -0.15) is 5.10 Å². The normalized spacial score (nSPS) is 14.6. The van der Waals surface area contributed by atoms with E-state index in [1.165, 1.54) is 18.4 Å². The highest BCUT2D eigenvalue weighted by Crippen LogP contribution is 2.43. The van der Waals surface area contributed by atoms with Crippen LogP contribution >= 0.6 is 0 Å². The summed E-state index contributed by atoms with van der Waals surface area (Å²) in [5, 5.41) is 4.34. The molecule has 3 heterocycles. The molecule has 1 saturated carbocycles. The largest absolute Gasteiger partial charge is 0.481 e. The van der Waals surface area contributed by atoms with E-state index in [0.717, 1.165) is 22.4 Å². The smallest absolute Gasteiger partial charge is 0.213 e. The van der Waals surface area contributed by atoms with E-state index in [1.54, 1.807) is 7.11 Å². The molecule has 21 heavy (non-hydrogen) atoms. The number of hydrogen-bond donors (Lipinski definition) is 0. The SMILES string of the molecule is COc1cccc(-c2cc(C3CC3)c3c(cnn3C)n2)n1. The van der Waals surface area contributed by atoms with Crippen LogP contribution in [0.1, 0.15) is 24.3 Å². The molecule has 0 amide bonds. The number of rotatable bonds is 3. The van der Waals surface area contributed by atoms with Crippen molar-refractivity contribution < 1.29 is 4.74 Å². The first-order valence-corrected chi connectivity index (χ1v) is 7.10. The average molecular weight is 280 g/mol. The zero-order chi connectivity index (χ0) is 14.4. The van der Waals surface area contributed by atoms with Crippen LogP contribution in [-0.2, 0) is 7.05 Å². The lowest BCUT2D eigenvalue weighted by molar-refractivity contribution is 0.398. The standard InChI is InChI=1S/C16H16N4O/c1-20-16-11(10-6-7-10)8-13(18-14(16)9-17-20)12-4-3-5-15(19-12)21-2/h3-5,8-10H,6-7H2,1-2H3. The minimum atomic E-state index is 0.605. The minimum absolute atomic E-state index is 0.605. The van der Waals surface area contributed by atoms with E-state index in [9.17, 15) is 0 Å². The second kappa shape index (κ2) is 4.55. The Morgan fingerprint density at radius 2 is 2.05 bits per heavy atom. The Balaban J connectivity index is 1.92. The molecular formula is C16H16N4O. The summed E-state index contributed by atoms with van der Waals surface area (Å²) in [4.78, 5) is 9.20. The van der Waals surface area contributed by atoms with Crippen LogP contribution in [0.2, 0.25) is 0 Å². The fourth-order valence-electron chi connectivity index (χ4n) is 2.73. The second-order valence-corrected chi connectivity index (χ2v) is 5.44. The summed E-state index contributed by atoms with van der Waals surface area (Å²) in [6.45, 7) is 0. The Morgan fingerprint density at radius 1 is 1.19 bits per heavy atom. The quantitative estimate of drug-likeness (QED) is 0.740. The summed E-state index contributed by atoms with van der Waals surface area (Å²) < 4.78 is 7.12. The van der Waals surface area contributed by atoms with Crippen LogP contribution in [0.4, 0.5) is 0 Å². The molecule has 1 fully saturated rings. The van der Waals surface area contributed by atoms with Crippen molar-refractivity contribution >= 4 is 11.0 Å². The van der Waals surface area contributed by atoms with Crippen LogP contribution in [0.15, 0.2) is 30.5 Å². The first-order chi connectivity index (χ1) is 10.3. The molecule has 0 unspecified atom stereocenters. The van der Waals surface area contributed by atoms with Gasteiger partial charge in [-0.15, -0.1) is 0 Å². The highest BCUT2D eigenvalue weighted by molar-refractivity contribution is 5.82. The van der Waals surface area contributed by atoms with E-state index in [1.807, 2.05) is 36.1 Å². The summed E-state index contributed by atoms with van der Waals surface area (Å²) in [5.41, 5.74) is 5.13.